The number of hydrogen-bond donors (Lipinski definition) is 2. The van der Waals surface area contributed by atoms with Gasteiger partial charge in [0.25, 0.3) is 5.91 Å². The Morgan fingerprint density at radius 1 is 1.42 bits per heavy atom. The molecule has 1 aromatic carbocycles. The van der Waals surface area contributed by atoms with Crippen molar-refractivity contribution in [3.05, 3.63) is 47.2 Å². The SMILES string of the molecule is COc1ccc(NC(=O)c2cnccc2Cl)cc1O. The van der Waals surface area contributed by atoms with Crippen molar-refractivity contribution >= 4 is 23.2 Å². The lowest BCUT2D eigenvalue weighted by Crippen LogP contribution is -2.12. The molecule has 0 bridgehead atoms. The van der Waals surface area contributed by atoms with Crippen LogP contribution in [0.25, 0.3) is 0 Å². The van der Waals surface area contributed by atoms with E-state index in [4.69, 9.17) is 16.3 Å². The number of nitrogens with one attached hydrogen (secondary N) is 1. The maximum Gasteiger partial charge on any atom is 0.258 e. The molecule has 0 fully saturated rings. The van der Waals surface area contributed by atoms with E-state index in [0.717, 1.165) is 0 Å². The first-order chi connectivity index (χ1) is 9.11. The van der Waals surface area contributed by atoms with Crippen LogP contribution in [0.15, 0.2) is 36.7 Å². The Morgan fingerprint density at radius 3 is 2.84 bits per heavy atom. The molecule has 2 rings (SSSR count). The summed E-state index contributed by atoms with van der Waals surface area (Å²) in [6.45, 7) is 0. The van der Waals surface area contributed by atoms with Gasteiger partial charge in [-0.3, -0.25) is 9.78 Å². The van der Waals surface area contributed by atoms with Gasteiger partial charge in [0, 0.05) is 24.1 Å². The van der Waals surface area contributed by atoms with E-state index in [1.165, 1.54) is 31.6 Å². The van der Waals surface area contributed by atoms with Gasteiger partial charge in [-0.05, 0) is 18.2 Å². The summed E-state index contributed by atoms with van der Waals surface area (Å²) in [6, 6.07) is 6.08. The van der Waals surface area contributed by atoms with Crippen molar-refractivity contribution in [3.63, 3.8) is 0 Å². The lowest BCUT2D eigenvalue weighted by Gasteiger charge is -2.08. The molecule has 1 amide bonds. The molecule has 98 valence electrons. The average Bonchev–Trinajstić information content (AvgIpc) is 2.39. The zero-order chi connectivity index (χ0) is 13.8. The quantitative estimate of drug-likeness (QED) is 0.905. The Balaban J connectivity index is 2.20. The number of hydrogen-bond acceptors (Lipinski definition) is 4. The van der Waals surface area contributed by atoms with Crippen LogP contribution in [-0.4, -0.2) is 23.1 Å². The van der Waals surface area contributed by atoms with Crippen LogP contribution in [0.5, 0.6) is 11.5 Å². The minimum absolute atomic E-state index is 0.0578. The summed E-state index contributed by atoms with van der Waals surface area (Å²) < 4.78 is 4.91. The Labute approximate surface area is 114 Å². The third-order valence-electron chi connectivity index (χ3n) is 2.45. The number of amides is 1. The number of phenols is 1. The number of phenolic OH excluding ortho intramolecular Hbond substituents is 1. The maximum absolute atomic E-state index is 12.0. The number of rotatable bonds is 3. The number of halogens is 1. The Bertz CT molecular complexity index is 617. The van der Waals surface area contributed by atoms with Crippen LogP contribution in [-0.2, 0) is 0 Å². The fourth-order valence-electron chi connectivity index (χ4n) is 1.51. The van der Waals surface area contributed by atoms with Crippen molar-refractivity contribution in [1.29, 1.82) is 0 Å². The van der Waals surface area contributed by atoms with Gasteiger partial charge in [-0.1, -0.05) is 11.6 Å². The van der Waals surface area contributed by atoms with Crippen LogP contribution < -0.4 is 10.1 Å². The van der Waals surface area contributed by atoms with Crippen molar-refractivity contribution < 1.29 is 14.6 Å². The van der Waals surface area contributed by atoms with Gasteiger partial charge >= 0.3 is 0 Å². The smallest absolute Gasteiger partial charge is 0.258 e. The highest BCUT2D eigenvalue weighted by atomic mass is 35.5. The third-order valence-corrected chi connectivity index (χ3v) is 2.78. The number of nitrogens with zero attached hydrogens (tertiary/aromatic N) is 1. The fourth-order valence-corrected chi connectivity index (χ4v) is 1.70. The third kappa shape index (κ3) is 2.95. The molecule has 0 aliphatic rings. The summed E-state index contributed by atoms with van der Waals surface area (Å²) in [7, 11) is 1.45. The van der Waals surface area contributed by atoms with E-state index in [0.29, 0.717) is 16.5 Å². The molecule has 0 radical (unpaired) electrons. The van der Waals surface area contributed by atoms with Crippen molar-refractivity contribution in [2.24, 2.45) is 0 Å². The van der Waals surface area contributed by atoms with E-state index in [1.807, 2.05) is 0 Å². The van der Waals surface area contributed by atoms with Gasteiger partial charge in [-0.25, -0.2) is 0 Å². The molecular formula is C13H11ClN2O3. The topological polar surface area (TPSA) is 71.5 Å². The molecular weight excluding hydrogens is 268 g/mol. The molecule has 0 spiro atoms. The highest BCUT2D eigenvalue weighted by Gasteiger charge is 2.11. The van der Waals surface area contributed by atoms with Gasteiger partial charge in [0.15, 0.2) is 11.5 Å². The number of methoxy groups -OCH3 is 1. The van der Waals surface area contributed by atoms with Gasteiger partial charge in [-0.2, -0.15) is 0 Å². The summed E-state index contributed by atoms with van der Waals surface area (Å²) in [5.74, 6) is -0.127. The first-order valence-corrected chi connectivity index (χ1v) is 5.77. The Morgan fingerprint density at radius 2 is 2.21 bits per heavy atom. The van der Waals surface area contributed by atoms with E-state index in [2.05, 4.69) is 10.3 Å². The molecule has 0 saturated heterocycles. The Hall–Kier alpha value is -2.27. The first kappa shape index (κ1) is 13.2. The molecule has 0 atom stereocenters. The monoisotopic (exact) mass is 278 g/mol. The summed E-state index contributed by atoms with van der Waals surface area (Å²) in [5.41, 5.74) is 0.697. The van der Waals surface area contributed by atoms with E-state index in [9.17, 15) is 9.90 Å². The summed E-state index contributed by atoms with van der Waals surface area (Å²) in [6.07, 6.45) is 2.87. The molecule has 0 saturated carbocycles. The van der Waals surface area contributed by atoms with Crippen LogP contribution >= 0.6 is 11.6 Å². The molecule has 1 aromatic heterocycles. The highest BCUT2D eigenvalue weighted by Crippen LogP contribution is 2.28. The second-order valence-corrected chi connectivity index (χ2v) is 4.10. The molecule has 2 aromatic rings. The Kier molecular flexibility index (Phi) is 3.87. The molecule has 19 heavy (non-hydrogen) atoms. The van der Waals surface area contributed by atoms with E-state index >= 15 is 0 Å². The minimum Gasteiger partial charge on any atom is -0.504 e. The highest BCUT2D eigenvalue weighted by molar-refractivity contribution is 6.34. The second kappa shape index (κ2) is 5.58. The standard InChI is InChI=1S/C13H11ClN2O3/c1-19-12-3-2-8(6-11(12)17)16-13(18)9-7-15-5-4-10(9)14/h2-7,17H,1H3,(H,16,18). The van der Waals surface area contributed by atoms with Crippen LogP contribution in [0, 0.1) is 0 Å². The zero-order valence-electron chi connectivity index (χ0n) is 10.1. The normalized spacial score (nSPS) is 10.0. The molecule has 2 N–H and O–H groups in total. The lowest BCUT2D eigenvalue weighted by atomic mass is 10.2. The van der Waals surface area contributed by atoms with Crippen molar-refractivity contribution in [2.45, 2.75) is 0 Å². The number of aromatic hydroxyl groups is 1. The van der Waals surface area contributed by atoms with Crippen molar-refractivity contribution in [2.75, 3.05) is 12.4 Å². The fraction of sp³-hybridized carbons (Fsp3) is 0.0769. The molecule has 0 aliphatic heterocycles. The molecule has 0 aliphatic carbocycles. The number of benzene rings is 1. The first-order valence-electron chi connectivity index (χ1n) is 5.39. The molecule has 5 nitrogen and oxygen atoms in total. The number of carbonyl (C=O) groups is 1. The van der Waals surface area contributed by atoms with Crippen molar-refractivity contribution in [1.82, 2.24) is 4.98 Å². The largest absolute Gasteiger partial charge is 0.504 e. The van der Waals surface area contributed by atoms with Crippen LogP contribution in [0.2, 0.25) is 5.02 Å². The van der Waals surface area contributed by atoms with E-state index in [1.54, 1.807) is 12.1 Å². The van der Waals surface area contributed by atoms with Gasteiger partial charge in [-0.15, -0.1) is 0 Å². The second-order valence-electron chi connectivity index (χ2n) is 3.70. The number of pyridine rings is 1. The van der Waals surface area contributed by atoms with Crippen LogP contribution in [0.3, 0.4) is 0 Å². The molecule has 1 heterocycles. The number of aromatic nitrogens is 1. The molecule has 0 unspecified atom stereocenters. The maximum atomic E-state index is 12.0. The average molecular weight is 279 g/mol. The summed E-state index contributed by atoms with van der Waals surface area (Å²) in [5, 5.41) is 12.5. The minimum atomic E-state index is -0.400. The number of ether oxygens (including phenoxy) is 1. The van der Waals surface area contributed by atoms with E-state index < -0.39 is 5.91 Å². The summed E-state index contributed by atoms with van der Waals surface area (Å²) >= 11 is 5.89. The van der Waals surface area contributed by atoms with Crippen LogP contribution in [0.1, 0.15) is 10.4 Å². The predicted molar refractivity (Wildman–Crippen MR) is 71.9 cm³/mol. The van der Waals surface area contributed by atoms with Crippen molar-refractivity contribution in [3.8, 4) is 11.5 Å². The van der Waals surface area contributed by atoms with Gasteiger partial charge in [0.1, 0.15) is 0 Å². The lowest BCUT2D eigenvalue weighted by molar-refractivity contribution is 0.102. The number of anilines is 1. The van der Waals surface area contributed by atoms with E-state index in [-0.39, 0.29) is 11.3 Å². The zero-order valence-corrected chi connectivity index (χ0v) is 10.8. The summed E-state index contributed by atoms with van der Waals surface area (Å²) in [4.78, 5) is 15.8. The van der Waals surface area contributed by atoms with Crippen LogP contribution in [0.4, 0.5) is 5.69 Å². The molecule has 6 heteroatoms. The van der Waals surface area contributed by atoms with Gasteiger partial charge < -0.3 is 15.2 Å². The van der Waals surface area contributed by atoms with Gasteiger partial charge in [0.05, 0.1) is 17.7 Å². The van der Waals surface area contributed by atoms with Gasteiger partial charge in [0.2, 0.25) is 0 Å². The predicted octanol–water partition coefficient (Wildman–Crippen LogP) is 2.70. The number of carbonyl (C=O) groups excluding carboxylic acids is 1.